The summed E-state index contributed by atoms with van der Waals surface area (Å²) < 4.78 is 9.56. The molecular formula is C11H17BrN2O6. The molecule has 0 aliphatic carbocycles. The van der Waals surface area contributed by atoms with Gasteiger partial charge >= 0.3 is 6.03 Å². The van der Waals surface area contributed by atoms with E-state index in [1.807, 2.05) is 0 Å². The van der Waals surface area contributed by atoms with Crippen molar-refractivity contribution in [3.8, 4) is 0 Å². The number of carbonyl (C=O) groups is 2. The highest BCUT2D eigenvalue weighted by atomic mass is 79.9. The maximum Gasteiger partial charge on any atom is 0.328 e. The first-order valence-electron chi connectivity index (χ1n) is 6.12. The van der Waals surface area contributed by atoms with Gasteiger partial charge in [0.2, 0.25) is 5.91 Å². The summed E-state index contributed by atoms with van der Waals surface area (Å²) in [6, 6.07) is -0.658. The van der Waals surface area contributed by atoms with Crippen LogP contribution in [0.25, 0.3) is 0 Å². The number of urea groups is 1. The molecule has 0 aromatic rings. The average Bonchev–Trinajstić information content (AvgIpc) is 2.74. The lowest BCUT2D eigenvalue weighted by molar-refractivity contribution is -0.153. The number of amides is 3. The molecule has 0 saturated carbocycles. The molecule has 9 heteroatoms. The lowest BCUT2D eigenvalue weighted by atomic mass is 10.0. The van der Waals surface area contributed by atoms with E-state index in [1.54, 1.807) is 6.92 Å². The smallest absolute Gasteiger partial charge is 0.328 e. The summed E-state index contributed by atoms with van der Waals surface area (Å²) in [6.45, 7) is 1.22. The van der Waals surface area contributed by atoms with Crippen LogP contribution in [0, 0.1) is 0 Å². The molecule has 0 radical (unpaired) electrons. The molecule has 3 amide bonds. The van der Waals surface area contributed by atoms with Gasteiger partial charge in [-0.2, -0.15) is 0 Å². The SMILES string of the molecule is CO[C@@H]1N([C@H]2CC(O)[C@@H](CO)O2)C(=O)NC(=O)[C@@]1(C)Br. The summed E-state index contributed by atoms with van der Waals surface area (Å²) in [5, 5.41) is 21.0. The zero-order valence-electron chi connectivity index (χ0n) is 11.1. The Kier molecular flexibility index (Phi) is 4.35. The Labute approximate surface area is 124 Å². The molecule has 1 unspecified atom stereocenters. The fourth-order valence-electron chi connectivity index (χ4n) is 2.43. The highest BCUT2D eigenvalue weighted by Crippen LogP contribution is 2.35. The van der Waals surface area contributed by atoms with Crippen LogP contribution in [-0.2, 0) is 14.3 Å². The molecule has 0 bridgehead atoms. The van der Waals surface area contributed by atoms with Gasteiger partial charge in [0.05, 0.1) is 12.7 Å². The minimum atomic E-state index is -1.14. The van der Waals surface area contributed by atoms with Gasteiger partial charge in [-0.25, -0.2) is 4.79 Å². The Bertz CT molecular complexity index is 418. The van der Waals surface area contributed by atoms with Crippen molar-refractivity contribution in [2.24, 2.45) is 0 Å². The minimum Gasteiger partial charge on any atom is -0.394 e. The molecule has 2 aliphatic rings. The fraction of sp³-hybridized carbons (Fsp3) is 0.818. The van der Waals surface area contributed by atoms with Crippen molar-refractivity contribution in [2.45, 2.75) is 42.3 Å². The van der Waals surface area contributed by atoms with Crippen molar-refractivity contribution in [1.29, 1.82) is 0 Å². The number of hydrogen-bond donors (Lipinski definition) is 3. The molecule has 2 fully saturated rings. The van der Waals surface area contributed by atoms with Crippen LogP contribution in [0.4, 0.5) is 4.79 Å². The van der Waals surface area contributed by atoms with Gasteiger partial charge in [-0.3, -0.25) is 15.0 Å². The van der Waals surface area contributed by atoms with E-state index in [0.29, 0.717) is 0 Å². The topological polar surface area (TPSA) is 108 Å². The maximum atomic E-state index is 12.0. The van der Waals surface area contributed by atoms with E-state index < -0.39 is 40.9 Å². The molecule has 0 aromatic heterocycles. The number of methoxy groups -OCH3 is 1. The van der Waals surface area contributed by atoms with Crippen molar-refractivity contribution < 1.29 is 29.3 Å². The highest BCUT2D eigenvalue weighted by Gasteiger charge is 2.54. The summed E-state index contributed by atoms with van der Waals surface area (Å²) in [5.74, 6) is -0.511. The summed E-state index contributed by atoms with van der Waals surface area (Å²) in [5.41, 5.74) is 0. The number of ether oxygens (including phenoxy) is 2. The number of carbonyl (C=O) groups excluding carboxylic acids is 2. The second kappa shape index (κ2) is 5.57. The maximum absolute atomic E-state index is 12.0. The molecule has 0 aromatic carbocycles. The van der Waals surface area contributed by atoms with Gasteiger partial charge in [0.25, 0.3) is 0 Å². The molecule has 2 aliphatic heterocycles. The Morgan fingerprint density at radius 1 is 1.60 bits per heavy atom. The van der Waals surface area contributed by atoms with Gasteiger partial charge in [0.1, 0.15) is 16.7 Å². The molecule has 8 nitrogen and oxygen atoms in total. The summed E-state index contributed by atoms with van der Waals surface area (Å²) in [4.78, 5) is 25.1. The number of hydrogen-bond acceptors (Lipinski definition) is 6. The normalized spacial score (nSPS) is 42.0. The van der Waals surface area contributed by atoms with E-state index in [0.717, 1.165) is 0 Å². The predicted molar refractivity (Wildman–Crippen MR) is 69.9 cm³/mol. The van der Waals surface area contributed by atoms with Crippen LogP contribution in [0.2, 0.25) is 0 Å². The number of halogens is 1. The Balaban J connectivity index is 2.25. The highest BCUT2D eigenvalue weighted by molar-refractivity contribution is 9.10. The third kappa shape index (κ3) is 2.44. The van der Waals surface area contributed by atoms with Crippen molar-refractivity contribution in [3.63, 3.8) is 0 Å². The Morgan fingerprint density at radius 3 is 2.75 bits per heavy atom. The van der Waals surface area contributed by atoms with Crippen LogP contribution in [0.1, 0.15) is 13.3 Å². The van der Waals surface area contributed by atoms with Gasteiger partial charge in [-0.05, 0) is 6.92 Å². The number of nitrogens with one attached hydrogen (secondary N) is 1. The molecule has 2 heterocycles. The number of alkyl halides is 1. The van der Waals surface area contributed by atoms with Crippen LogP contribution < -0.4 is 5.32 Å². The molecule has 20 heavy (non-hydrogen) atoms. The first kappa shape index (κ1) is 15.6. The molecular weight excluding hydrogens is 336 g/mol. The lowest BCUT2D eigenvalue weighted by Gasteiger charge is -2.44. The van der Waals surface area contributed by atoms with Crippen LogP contribution in [0.3, 0.4) is 0 Å². The predicted octanol–water partition coefficient (Wildman–Crippen LogP) is -0.867. The summed E-state index contributed by atoms with van der Waals surface area (Å²) in [7, 11) is 1.37. The van der Waals surface area contributed by atoms with Gasteiger partial charge in [0, 0.05) is 13.5 Å². The van der Waals surface area contributed by atoms with E-state index in [1.165, 1.54) is 12.0 Å². The third-order valence-corrected chi connectivity index (χ3v) is 4.28. The minimum absolute atomic E-state index is 0.135. The van der Waals surface area contributed by atoms with Crippen molar-refractivity contribution in [2.75, 3.05) is 13.7 Å². The zero-order chi connectivity index (χ0) is 15.1. The monoisotopic (exact) mass is 352 g/mol. The van der Waals surface area contributed by atoms with E-state index >= 15 is 0 Å². The van der Waals surface area contributed by atoms with Crippen molar-refractivity contribution in [1.82, 2.24) is 10.2 Å². The quantitative estimate of drug-likeness (QED) is 0.570. The molecule has 2 saturated heterocycles. The number of aliphatic hydroxyl groups excluding tert-OH is 2. The van der Waals surface area contributed by atoms with Crippen LogP contribution in [-0.4, -0.2) is 69.8 Å². The van der Waals surface area contributed by atoms with Gasteiger partial charge in [-0.15, -0.1) is 0 Å². The standard InChI is InChI=1S/C11H17BrN2O6/c1-11(12)8(17)13-10(18)14(9(11)19-2)7-3-5(16)6(4-15)20-7/h5-7,9,15-16H,3-4H2,1-2H3,(H,13,17,18)/t5?,6-,7-,9+,11-/m1/s1. The van der Waals surface area contributed by atoms with E-state index in [-0.39, 0.29) is 13.0 Å². The van der Waals surface area contributed by atoms with Crippen LogP contribution in [0.15, 0.2) is 0 Å². The Hall–Kier alpha value is -0.740. The summed E-state index contributed by atoms with van der Waals surface area (Å²) in [6.07, 6.45) is -3.18. The van der Waals surface area contributed by atoms with Crippen molar-refractivity contribution >= 4 is 27.9 Å². The van der Waals surface area contributed by atoms with Crippen LogP contribution in [0.5, 0.6) is 0 Å². The van der Waals surface area contributed by atoms with E-state index in [9.17, 15) is 14.7 Å². The van der Waals surface area contributed by atoms with Gasteiger partial charge < -0.3 is 19.7 Å². The lowest BCUT2D eigenvalue weighted by Crippen LogP contribution is -2.69. The van der Waals surface area contributed by atoms with Gasteiger partial charge in [0.15, 0.2) is 6.23 Å². The third-order valence-electron chi connectivity index (χ3n) is 3.53. The van der Waals surface area contributed by atoms with E-state index in [2.05, 4.69) is 21.2 Å². The largest absolute Gasteiger partial charge is 0.394 e. The number of imide groups is 1. The molecule has 3 N–H and O–H groups in total. The summed E-state index contributed by atoms with van der Waals surface area (Å²) >= 11 is 3.25. The van der Waals surface area contributed by atoms with E-state index in [4.69, 9.17) is 14.6 Å². The molecule has 5 atom stereocenters. The second-order valence-electron chi connectivity index (χ2n) is 4.95. The molecule has 2 rings (SSSR count). The first-order chi connectivity index (χ1) is 9.32. The molecule has 114 valence electrons. The average molecular weight is 353 g/mol. The van der Waals surface area contributed by atoms with Crippen LogP contribution >= 0.6 is 15.9 Å². The molecule has 0 spiro atoms. The first-order valence-corrected chi connectivity index (χ1v) is 6.92. The second-order valence-corrected chi connectivity index (χ2v) is 6.59. The number of rotatable bonds is 3. The number of nitrogens with zero attached hydrogens (tertiary/aromatic N) is 1. The van der Waals surface area contributed by atoms with Crippen molar-refractivity contribution in [3.05, 3.63) is 0 Å². The number of aliphatic hydroxyl groups is 2. The van der Waals surface area contributed by atoms with Gasteiger partial charge in [-0.1, -0.05) is 15.9 Å². The Morgan fingerprint density at radius 2 is 2.25 bits per heavy atom. The zero-order valence-corrected chi connectivity index (χ0v) is 12.7. The fourth-order valence-corrected chi connectivity index (χ4v) is 2.94.